The summed E-state index contributed by atoms with van der Waals surface area (Å²) in [6.07, 6.45) is 4.13. The van der Waals surface area contributed by atoms with E-state index in [9.17, 15) is 0 Å². The smallest absolute Gasteiger partial charge is 0.0235 e. The van der Waals surface area contributed by atoms with Crippen LogP contribution in [-0.2, 0) is 0 Å². The molecule has 2 rings (SSSR count). The molecule has 0 aromatic carbocycles. The lowest BCUT2D eigenvalue weighted by atomic mass is 10.1. The topological polar surface area (TPSA) is 15.3 Å². The lowest BCUT2D eigenvalue weighted by molar-refractivity contribution is 0.263. The molecule has 2 heterocycles. The zero-order valence-electron chi connectivity index (χ0n) is 9.63. The molecule has 2 saturated heterocycles. The summed E-state index contributed by atoms with van der Waals surface area (Å²) in [4.78, 5) is 2.67. The Morgan fingerprint density at radius 1 is 1.43 bits per heavy atom. The Morgan fingerprint density at radius 3 is 3.00 bits per heavy atom. The first-order valence-electron chi connectivity index (χ1n) is 6.25. The van der Waals surface area contributed by atoms with Gasteiger partial charge in [-0.1, -0.05) is 20.3 Å². The van der Waals surface area contributed by atoms with E-state index in [4.69, 9.17) is 0 Å². The molecule has 2 nitrogen and oxygen atoms in total. The molecule has 0 amide bonds. The Balaban J connectivity index is 1.73. The number of nitrogens with zero attached hydrogens (tertiary/aromatic N) is 1. The monoisotopic (exact) mass is 196 g/mol. The van der Waals surface area contributed by atoms with E-state index in [1.54, 1.807) is 0 Å². The first kappa shape index (κ1) is 10.4. The first-order valence-corrected chi connectivity index (χ1v) is 6.25. The highest BCUT2D eigenvalue weighted by molar-refractivity contribution is 4.93. The van der Waals surface area contributed by atoms with Gasteiger partial charge in [-0.3, -0.25) is 0 Å². The molecule has 3 atom stereocenters. The number of likely N-dealkylation sites (tertiary alicyclic amines) is 1. The van der Waals surface area contributed by atoms with E-state index in [2.05, 4.69) is 24.1 Å². The second-order valence-corrected chi connectivity index (χ2v) is 5.22. The molecule has 2 fully saturated rings. The molecule has 0 radical (unpaired) electrons. The maximum absolute atomic E-state index is 3.61. The van der Waals surface area contributed by atoms with E-state index in [-0.39, 0.29) is 0 Å². The van der Waals surface area contributed by atoms with Crippen molar-refractivity contribution >= 4 is 0 Å². The van der Waals surface area contributed by atoms with Crippen LogP contribution in [0, 0.1) is 11.8 Å². The van der Waals surface area contributed by atoms with Crippen LogP contribution in [0.5, 0.6) is 0 Å². The van der Waals surface area contributed by atoms with Gasteiger partial charge in [0.05, 0.1) is 0 Å². The summed E-state index contributed by atoms with van der Waals surface area (Å²) in [5, 5.41) is 3.61. The predicted molar refractivity (Wildman–Crippen MR) is 60.4 cm³/mol. The summed E-state index contributed by atoms with van der Waals surface area (Å²) < 4.78 is 0. The van der Waals surface area contributed by atoms with Crippen LogP contribution in [0.4, 0.5) is 0 Å². The average Bonchev–Trinajstić information content (AvgIpc) is 2.63. The minimum Gasteiger partial charge on any atom is -0.312 e. The number of nitrogens with one attached hydrogen (secondary N) is 1. The van der Waals surface area contributed by atoms with E-state index in [1.807, 2.05) is 0 Å². The molecule has 0 aromatic heterocycles. The normalized spacial score (nSPS) is 34.7. The van der Waals surface area contributed by atoms with Gasteiger partial charge in [0, 0.05) is 25.7 Å². The summed E-state index contributed by atoms with van der Waals surface area (Å²) in [6, 6.07) is 0.823. The highest BCUT2D eigenvalue weighted by Gasteiger charge is 2.35. The van der Waals surface area contributed by atoms with Gasteiger partial charge in [-0.05, 0) is 31.2 Å². The fourth-order valence-corrected chi connectivity index (χ4v) is 3.11. The maximum Gasteiger partial charge on any atom is 0.0235 e. The van der Waals surface area contributed by atoms with Crippen LogP contribution in [-0.4, -0.2) is 37.1 Å². The maximum atomic E-state index is 3.61. The van der Waals surface area contributed by atoms with Crippen molar-refractivity contribution in [3.8, 4) is 0 Å². The first-order chi connectivity index (χ1) is 6.79. The number of rotatable bonds is 4. The third kappa shape index (κ3) is 2.29. The van der Waals surface area contributed by atoms with Crippen LogP contribution in [0.3, 0.4) is 0 Å². The van der Waals surface area contributed by atoms with E-state index in [0.29, 0.717) is 0 Å². The number of fused-ring (bicyclic) bond motifs is 1. The van der Waals surface area contributed by atoms with Crippen LogP contribution >= 0.6 is 0 Å². The molecule has 1 unspecified atom stereocenters. The fraction of sp³-hybridized carbons (Fsp3) is 1.00. The molecule has 0 aromatic rings. The fourth-order valence-electron chi connectivity index (χ4n) is 3.11. The standard InChI is InChI=1S/C12H24N2/c1-3-4-10(2)7-14-8-11-5-6-13-12(11)9-14/h10-13H,3-9H2,1-2H3/t10?,11-,12+/m0/s1. The highest BCUT2D eigenvalue weighted by atomic mass is 15.2. The Bertz CT molecular complexity index is 169. The van der Waals surface area contributed by atoms with Gasteiger partial charge in [-0.15, -0.1) is 0 Å². The van der Waals surface area contributed by atoms with Crippen molar-refractivity contribution in [3.63, 3.8) is 0 Å². The molecule has 0 aliphatic carbocycles. The highest BCUT2D eigenvalue weighted by Crippen LogP contribution is 2.25. The van der Waals surface area contributed by atoms with Gasteiger partial charge in [0.25, 0.3) is 0 Å². The van der Waals surface area contributed by atoms with Gasteiger partial charge in [-0.2, -0.15) is 0 Å². The van der Waals surface area contributed by atoms with Gasteiger partial charge >= 0.3 is 0 Å². The largest absolute Gasteiger partial charge is 0.312 e. The van der Waals surface area contributed by atoms with Gasteiger partial charge in [-0.25, -0.2) is 0 Å². The number of hydrogen-bond donors (Lipinski definition) is 1. The summed E-state index contributed by atoms with van der Waals surface area (Å²) in [5.74, 6) is 1.85. The molecule has 2 aliphatic rings. The molecule has 2 heteroatoms. The third-order valence-electron chi connectivity index (χ3n) is 3.79. The Morgan fingerprint density at radius 2 is 2.29 bits per heavy atom. The Hall–Kier alpha value is -0.0800. The van der Waals surface area contributed by atoms with Crippen molar-refractivity contribution in [2.24, 2.45) is 11.8 Å². The minimum atomic E-state index is 0.823. The van der Waals surface area contributed by atoms with Gasteiger partial charge < -0.3 is 10.2 Å². The van der Waals surface area contributed by atoms with Gasteiger partial charge in [0.1, 0.15) is 0 Å². The summed E-state index contributed by atoms with van der Waals surface area (Å²) in [5.41, 5.74) is 0. The van der Waals surface area contributed by atoms with E-state index in [1.165, 1.54) is 45.4 Å². The van der Waals surface area contributed by atoms with Crippen LogP contribution < -0.4 is 5.32 Å². The van der Waals surface area contributed by atoms with Crippen molar-refractivity contribution in [1.29, 1.82) is 0 Å². The summed E-state index contributed by atoms with van der Waals surface area (Å²) in [7, 11) is 0. The molecule has 2 aliphatic heterocycles. The van der Waals surface area contributed by atoms with Crippen molar-refractivity contribution < 1.29 is 0 Å². The van der Waals surface area contributed by atoms with Crippen molar-refractivity contribution in [1.82, 2.24) is 10.2 Å². The Kier molecular flexibility index (Phi) is 3.45. The average molecular weight is 196 g/mol. The number of hydrogen-bond acceptors (Lipinski definition) is 2. The van der Waals surface area contributed by atoms with Crippen molar-refractivity contribution in [3.05, 3.63) is 0 Å². The van der Waals surface area contributed by atoms with Crippen LogP contribution in [0.15, 0.2) is 0 Å². The predicted octanol–water partition coefficient (Wildman–Crippen LogP) is 1.72. The molecule has 0 spiro atoms. The molecule has 82 valence electrons. The summed E-state index contributed by atoms with van der Waals surface area (Å²) in [6.45, 7) is 9.92. The SMILES string of the molecule is CCCC(C)CN1C[C@@H]2CCN[C@@H]2C1. The van der Waals surface area contributed by atoms with Crippen LogP contribution in [0.25, 0.3) is 0 Å². The third-order valence-corrected chi connectivity index (χ3v) is 3.79. The second kappa shape index (κ2) is 4.63. The van der Waals surface area contributed by atoms with Gasteiger partial charge in [0.15, 0.2) is 0 Å². The van der Waals surface area contributed by atoms with Gasteiger partial charge in [0.2, 0.25) is 0 Å². The molecule has 0 saturated carbocycles. The molecular weight excluding hydrogens is 172 g/mol. The molecule has 0 bridgehead atoms. The zero-order chi connectivity index (χ0) is 9.97. The quantitative estimate of drug-likeness (QED) is 0.736. The van der Waals surface area contributed by atoms with E-state index < -0.39 is 0 Å². The zero-order valence-corrected chi connectivity index (χ0v) is 9.63. The van der Waals surface area contributed by atoms with Crippen LogP contribution in [0.2, 0.25) is 0 Å². The van der Waals surface area contributed by atoms with E-state index >= 15 is 0 Å². The van der Waals surface area contributed by atoms with Crippen molar-refractivity contribution in [2.45, 2.75) is 39.2 Å². The minimum absolute atomic E-state index is 0.823. The molecular formula is C12H24N2. The second-order valence-electron chi connectivity index (χ2n) is 5.22. The van der Waals surface area contributed by atoms with E-state index in [0.717, 1.165) is 17.9 Å². The molecule has 1 N–H and O–H groups in total. The van der Waals surface area contributed by atoms with Crippen LogP contribution in [0.1, 0.15) is 33.1 Å². The lowest BCUT2D eigenvalue weighted by Gasteiger charge is -2.21. The molecule has 14 heavy (non-hydrogen) atoms. The summed E-state index contributed by atoms with van der Waals surface area (Å²) >= 11 is 0. The Labute approximate surface area is 88.1 Å². The van der Waals surface area contributed by atoms with Crippen molar-refractivity contribution in [2.75, 3.05) is 26.2 Å². The lowest BCUT2D eigenvalue weighted by Crippen LogP contribution is -2.32.